The van der Waals surface area contributed by atoms with E-state index in [2.05, 4.69) is 38.1 Å². The molecule has 0 bridgehead atoms. The molecule has 5 nitrogen and oxygen atoms in total. The minimum absolute atomic E-state index is 0.356. The summed E-state index contributed by atoms with van der Waals surface area (Å²) in [5, 5.41) is 10.5. The van der Waals surface area contributed by atoms with E-state index < -0.39 is 0 Å². The van der Waals surface area contributed by atoms with Gasteiger partial charge in [-0.1, -0.05) is 11.6 Å². The third-order valence-corrected chi connectivity index (χ3v) is 2.18. The average molecular weight is 242 g/mol. The van der Waals surface area contributed by atoms with Crippen molar-refractivity contribution in [3.63, 3.8) is 0 Å². The van der Waals surface area contributed by atoms with Crippen molar-refractivity contribution in [1.29, 1.82) is 0 Å². The molecule has 0 saturated heterocycles. The molecular weight excluding hydrogens is 234 g/mol. The Balaban J connectivity index is 2.27. The Bertz CT molecular complexity index is 484. The fourth-order valence-electron chi connectivity index (χ4n) is 1.05. The summed E-state index contributed by atoms with van der Waals surface area (Å²) in [5.74, 6) is 1.14. The van der Waals surface area contributed by atoms with Crippen molar-refractivity contribution in [2.75, 3.05) is 5.32 Å². The molecule has 0 aliphatic carbocycles. The summed E-state index contributed by atoms with van der Waals surface area (Å²) in [4.78, 5) is 7.87. The van der Waals surface area contributed by atoms with Gasteiger partial charge in [0.25, 0.3) is 0 Å². The average Bonchev–Trinajstić information content (AvgIpc) is 2.58. The standard InChI is InChI=1S/C8H8ClN5S/c1-4-2-6(14-13-4)11-7-5(9)3-10-8(15)12-7/h2-3H,1H3,(H3,10,11,12,13,14,15). The van der Waals surface area contributed by atoms with Gasteiger partial charge in [0.05, 0.1) is 6.20 Å². The second kappa shape index (κ2) is 4.08. The van der Waals surface area contributed by atoms with Gasteiger partial charge in [0.1, 0.15) is 5.02 Å². The number of aromatic nitrogens is 4. The van der Waals surface area contributed by atoms with Crippen LogP contribution in [0.3, 0.4) is 0 Å². The van der Waals surface area contributed by atoms with Crippen LogP contribution < -0.4 is 5.32 Å². The molecule has 15 heavy (non-hydrogen) atoms. The summed E-state index contributed by atoms with van der Waals surface area (Å²) in [5.41, 5.74) is 0.953. The number of thiol groups is 1. The van der Waals surface area contributed by atoms with Gasteiger partial charge < -0.3 is 5.32 Å². The van der Waals surface area contributed by atoms with Crippen molar-refractivity contribution >= 4 is 35.9 Å². The lowest BCUT2D eigenvalue weighted by Crippen LogP contribution is -1.96. The predicted molar refractivity (Wildman–Crippen MR) is 60.9 cm³/mol. The number of hydrogen-bond donors (Lipinski definition) is 3. The third-order valence-electron chi connectivity index (χ3n) is 1.68. The normalized spacial score (nSPS) is 10.3. The number of aryl methyl sites for hydroxylation is 1. The third kappa shape index (κ3) is 2.40. The van der Waals surface area contributed by atoms with E-state index in [1.165, 1.54) is 6.20 Å². The van der Waals surface area contributed by atoms with Crippen LogP contribution in [0.4, 0.5) is 11.6 Å². The van der Waals surface area contributed by atoms with Crippen LogP contribution in [0.15, 0.2) is 17.4 Å². The van der Waals surface area contributed by atoms with Crippen molar-refractivity contribution in [1.82, 2.24) is 20.2 Å². The Labute approximate surface area is 96.7 Å². The molecule has 0 atom stereocenters. The van der Waals surface area contributed by atoms with E-state index in [1.807, 2.05) is 13.0 Å². The Morgan fingerprint density at radius 3 is 3.00 bits per heavy atom. The maximum Gasteiger partial charge on any atom is 0.186 e. The van der Waals surface area contributed by atoms with Gasteiger partial charge in [-0.05, 0) is 6.92 Å². The molecule has 78 valence electrons. The first-order chi connectivity index (χ1) is 7.15. The summed E-state index contributed by atoms with van der Waals surface area (Å²) >= 11 is 9.92. The summed E-state index contributed by atoms with van der Waals surface area (Å²) < 4.78 is 0. The Hall–Kier alpha value is -1.27. The summed E-state index contributed by atoms with van der Waals surface area (Å²) in [6, 6.07) is 1.84. The molecule has 2 rings (SSSR count). The van der Waals surface area contributed by atoms with Gasteiger partial charge in [0, 0.05) is 11.8 Å². The van der Waals surface area contributed by atoms with E-state index in [-0.39, 0.29) is 0 Å². The van der Waals surface area contributed by atoms with E-state index in [9.17, 15) is 0 Å². The van der Waals surface area contributed by atoms with Gasteiger partial charge in [0.15, 0.2) is 16.8 Å². The summed E-state index contributed by atoms with van der Waals surface area (Å²) in [6.07, 6.45) is 1.48. The van der Waals surface area contributed by atoms with Gasteiger partial charge in [0.2, 0.25) is 0 Å². The molecule has 0 spiro atoms. The first kappa shape index (κ1) is 10.3. The quantitative estimate of drug-likeness (QED) is 0.557. The van der Waals surface area contributed by atoms with Crippen LogP contribution in [-0.2, 0) is 0 Å². The van der Waals surface area contributed by atoms with E-state index in [1.54, 1.807) is 0 Å². The number of hydrogen-bond acceptors (Lipinski definition) is 5. The van der Waals surface area contributed by atoms with Gasteiger partial charge >= 0.3 is 0 Å². The molecule has 0 aromatic carbocycles. The zero-order valence-corrected chi connectivity index (χ0v) is 9.47. The van der Waals surface area contributed by atoms with Crippen LogP contribution in [0.25, 0.3) is 0 Å². The maximum atomic E-state index is 5.89. The first-order valence-electron chi connectivity index (χ1n) is 4.15. The van der Waals surface area contributed by atoms with E-state index in [0.717, 1.165) is 5.69 Å². The highest BCUT2D eigenvalue weighted by atomic mass is 35.5. The SMILES string of the molecule is Cc1cc(Nc2nc(S)ncc2Cl)n[nH]1. The Morgan fingerprint density at radius 1 is 1.53 bits per heavy atom. The van der Waals surface area contributed by atoms with E-state index in [0.29, 0.717) is 21.8 Å². The number of nitrogens with one attached hydrogen (secondary N) is 2. The molecule has 7 heteroatoms. The first-order valence-corrected chi connectivity index (χ1v) is 4.98. The van der Waals surface area contributed by atoms with Crippen LogP contribution in [0.5, 0.6) is 0 Å². The van der Waals surface area contributed by atoms with Crippen molar-refractivity contribution in [3.05, 3.63) is 23.0 Å². The molecule has 0 unspecified atom stereocenters. The predicted octanol–water partition coefficient (Wildman–Crippen LogP) is 2.19. The molecule has 0 aliphatic heterocycles. The Morgan fingerprint density at radius 2 is 2.33 bits per heavy atom. The molecular formula is C8H8ClN5S. The zero-order valence-electron chi connectivity index (χ0n) is 7.82. The molecule has 0 amide bonds. The van der Waals surface area contributed by atoms with Crippen LogP contribution >= 0.6 is 24.2 Å². The number of anilines is 2. The van der Waals surface area contributed by atoms with Gasteiger partial charge in [-0.2, -0.15) is 5.10 Å². The van der Waals surface area contributed by atoms with Crippen molar-refractivity contribution in [3.8, 4) is 0 Å². The monoisotopic (exact) mass is 241 g/mol. The number of aromatic amines is 1. The zero-order chi connectivity index (χ0) is 10.8. The highest BCUT2D eigenvalue weighted by Crippen LogP contribution is 2.22. The molecule has 2 N–H and O–H groups in total. The summed E-state index contributed by atoms with van der Waals surface area (Å²) in [6.45, 7) is 1.91. The Kier molecular flexibility index (Phi) is 2.79. The van der Waals surface area contributed by atoms with Crippen molar-refractivity contribution in [2.45, 2.75) is 12.1 Å². The molecule has 2 aromatic heterocycles. The van der Waals surface area contributed by atoms with Gasteiger partial charge in [-0.15, -0.1) is 12.6 Å². The maximum absolute atomic E-state index is 5.89. The lowest BCUT2D eigenvalue weighted by atomic mass is 10.4. The number of halogens is 1. The number of rotatable bonds is 2. The molecule has 0 radical (unpaired) electrons. The van der Waals surface area contributed by atoms with Crippen molar-refractivity contribution in [2.24, 2.45) is 0 Å². The molecule has 2 heterocycles. The molecule has 0 aliphatic rings. The second-order valence-electron chi connectivity index (χ2n) is 2.93. The fraction of sp³-hybridized carbons (Fsp3) is 0.125. The van der Waals surface area contributed by atoms with Gasteiger partial charge in [-0.3, -0.25) is 5.10 Å². The van der Waals surface area contributed by atoms with Crippen LogP contribution in [-0.4, -0.2) is 20.2 Å². The molecule has 2 aromatic rings. The van der Waals surface area contributed by atoms with E-state index in [4.69, 9.17) is 11.6 Å². The fourth-order valence-corrected chi connectivity index (χ4v) is 1.34. The topological polar surface area (TPSA) is 66.5 Å². The highest BCUT2D eigenvalue weighted by molar-refractivity contribution is 7.80. The minimum atomic E-state index is 0.356. The second-order valence-corrected chi connectivity index (χ2v) is 3.73. The highest BCUT2D eigenvalue weighted by Gasteiger charge is 2.05. The molecule has 0 fully saturated rings. The van der Waals surface area contributed by atoms with E-state index >= 15 is 0 Å². The number of nitrogens with zero attached hydrogens (tertiary/aromatic N) is 3. The van der Waals surface area contributed by atoms with Gasteiger partial charge in [-0.25, -0.2) is 9.97 Å². The smallest absolute Gasteiger partial charge is 0.186 e. The van der Waals surface area contributed by atoms with Crippen LogP contribution in [0.2, 0.25) is 5.02 Å². The lowest BCUT2D eigenvalue weighted by molar-refractivity contribution is 0.975. The lowest BCUT2D eigenvalue weighted by Gasteiger charge is -2.03. The van der Waals surface area contributed by atoms with Crippen LogP contribution in [0, 0.1) is 6.92 Å². The summed E-state index contributed by atoms with van der Waals surface area (Å²) in [7, 11) is 0. The largest absolute Gasteiger partial charge is 0.322 e. The number of H-pyrrole nitrogens is 1. The minimum Gasteiger partial charge on any atom is -0.322 e. The van der Waals surface area contributed by atoms with Crippen LogP contribution in [0.1, 0.15) is 5.69 Å². The molecule has 0 saturated carbocycles. The van der Waals surface area contributed by atoms with Crippen molar-refractivity contribution < 1.29 is 0 Å².